The molecule has 1 fully saturated rings. The van der Waals surface area contributed by atoms with Crippen LogP contribution in [0.3, 0.4) is 0 Å². The Hall–Kier alpha value is -1.26. The molecular formula is C15H29N3O2. The smallest absolute Gasteiger partial charge is 0.233 e. The lowest BCUT2D eigenvalue weighted by molar-refractivity contribution is -0.128. The van der Waals surface area contributed by atoms with Gasteiger partial charge >= 0.3 is 0 Å². The number of nitrogens with zero attached hydrogens (tertiary/aromatic N) is 1. The van der Waals surface area contributed by atoms with Gasteiger partial charge in [-0.3, -0.25) is 4.79 Å². The molecule has 0 radical (unpaired) electrons. The number of rotatable bonds is 5. The summed E-state index contributed by atoms with van der Waals surface area (Å²) < 4.78 is 0. The topological polar surface area (TPSA) is 87.7 Å². The average molecular weight is 283 g/mol. The fourth-order valence-electron chi connectivity index (χ4n) is 2.69. The van der Waals surface area contributed by atoms with Crippen LogP contribution in [0.2, 0.25) is 0 Å². The van der Waals surface area contributed by atoms with Gasteiger partial charge in [-0.25, -0.2) is 0 Å². The van der Waals surface area contributed by atoms with Gasteiger partial charge in [0.15, 0.2) is 5.84 Å². The molecule has 0 aromatic heterocycles. The quantitative estimate of drug-likeness (QED) is 0.238. The van der Waals surface area contributed by atoms with Gasteiger partial charge < -0.3 is 16.3 Å². The Morgan fingerprint density at radius 2 is 1.80 bits per heavy atom. The SMILES string of the molecule is CC(C)C(C)CNC(=O)C1(C(N)=NO)CCCCCC1. The van der Waals surface area contributed by atoms with E-state index in [-0.39, 0.29) is 11.7 Å². The molecule has 0 spiro atoms. The first-order valence-corrected chi connectivity index (χ1v) is 7.70. The first-order chi connectivity index (χ1) is 9.44. The summed E-state index contributed by atoms with van der Waals surface area (Å²) >= 11 is 0. The second-order valence-corrected chi connectivity index (χ2v) is 6.41. The number of hydrogen-bond acceptors (Lipinski definition) is 3. The van der Waals surface area contributed by atoms with Gasteiger partial charge in [0.05, 0.1) is 0 Å². The van der Waals surface area contributed by atoms with Gasteiger partial charge in [-0.1, -0.05) is 51.6 Å². The molecule has 1 saturated carbocycles. The van der Waals surface area contributed by atoms with Crippen LogP contribution < -0.4 is 11.1 Å². The second kappa shape index (κ2) is 7.50. The van der Waals surface area contributed by atoms with Gasteiger partial charge in [0, 0.05) is 6.54 Å². The Balaban J connectivity index is 2.80. The molecule has 1 atom stereocenters. The third kappa shape index (κ3) is 3.87. The molecule has 5 heteroatoms. The summed E-state index contributed by atoms with van der Waals surface area (Å²) in [4.78, 5) is 12.6. The maximum Gasteiger partial charge on any atom is 0.233 e. The van der Waals surface area contributed by atoms with Crippen molar-refractivity contribution in [3.63, 3.8) is 0 Å². The number of oxime groups is 1. The van der Waals surface area contributed by atoms with Gasteiger partial charge in [0.2, 0.25) is 5.91 Å². The molecule has 0 saturated heterocycles. The molecule has 116 valence electrons. The molecule has 0 bridgehead atoms. The van der Waals surface area contributed by atoms with Crippen molar-refractivity contribution in [2.75, 3.05) is 6.54 Å². The van der Waals surface area contributed by atoms with Gasteiger partial charge in [-0.15, -0.1) is 0 Å². The Kier molecular flexibility index (Phi) is 6.30. The van der Waals surface area contributed by atoms with Crippen LogP contribution in [-0.2, 0) is 4.79 Å². The highest BCUT2D eigenvalue weighted by molar-refractivity contribution is 6.06. The van der Waals surface area contributed by atoms with E-state index in [4.69, 9.17) is 10.9 Å². The number of amides is 1. The highest BCUT2D eigenvalue weighted by Gasteiger charge is 2.42. The van der Waals surface area contributed by atoms with E-state index >= 15 is 0 Å². The summed E-state index contributed by atoms with van der Waals surface area (Å²) in [6.45, 7) is 7.04. The van der Waals surface area contributed by atoms with E-state index < -0.39 is 5.41 Å². The Bertz CT molecular complexity index is 345. The lowest BCUT2D eigenvalue weighted by atomic mass is 9.78. The standard InChI is InChI=1S/C15H29N3O2/c1-11(2)12(3)10-17-14(19)15(13(16)18-20)8-6-4-5-7-9-15/h11-12,20H,4-10H2,1-3H3,(H2,16,18)(H,17,19). The molecular weight excluding hydrogens is 254 g/mol. The average Bonchev–Trinajstić information content (AvgIpc) is 2.69. The van der Waals surface area contributed by atoms with Crippen LogP contribution in [0.15, 0.2) is 5.16 Å². The van der Waals surface area contributed by atoms with E-state index in [0.717, 1.165) is 25.7 Å². The molecule has 20 heavy (non-hydrogen) atoms. The molecule has 1 rings (SSSR count). The maximum absolute atomic E-state index is 12.6. The Labute approximate surface area is 122 Å². The zero-order chi connectivity index (χ0) is 15.2. The predicted octanol–water partition coefficient (Wildman–Crippen LogP) is 2.48. The van der Waals surface area contributed by atoms with E-state index in [9.17, 15) is 4.79 Å². The molecule has 0 aliphatic heterocycles. The minimum absolute atomic E-state index is 0.0640. The summed E-state index contributed by atoms with van der Waals surface area (Å²) in [6, 6.07) is 0. The fraction of sp³-hybridized carbons (Fsp3) is 0.867. The van der Waals surface area contributed by atoms with Crippen molar-refractivity contribution in [1.82, 2.24) is 5.32 Å². The summed E-state index contributed by atoms with van der Waals surface area (Å²) in [7, 11) is 0. The van der Waals surface area contributed by atoms with Crippen molar-refractivity contribution < 1.29 is 10.0 Å². The highest BCUT2D eigenvalue weighted by atomic mass is 16.4. The van der Waals surface area contributed by atoms with Crippen LogP contribution in [0.4, 0.5) is 0 Å². The number of carbonyl (C=O) groups excluding carboxylic acids is 1. The number of amidine groups is 1. The summed E-state index contributed by atoms with van der Waals surface area (Å²) in [5.74, 6) is 0.912. The normalized spacial score (nSPS) is 21.3. The fourth-order valence-corrected chi connectivity index (χ4v) is 2.69. The molecule has 1 amide bonds. The van der Waals surface area contributed by atoms with Crippen molar-refractivity contribution >= 4 is 11.7 Å². The van der Waals surface area contributed by atoms with Gasteiger partial charge in [0.1, 0.15) is 5.41 Å². The largest absolute Gasteiger partial charge is 0.409 e. The number of hydrogen-bond donors (Lipinski definition) is 3. The minimum Gasteiger partial charge on any atom is -0.409 e. The summed E-state index contributed by atoms with van der Waals surface area (Å²) in [5, 5.41) is 15.2. The van der Waals surface area contributed by atoms with E-state index in [2.05, 4.69) is 31.2 Å². The molecule has 0 aromatic rings. The van der Waals surface area contributed by atoms with Crippen LogP contribution in [0.5, 0.6) is 0 Å². The van der Waals surface area contributed by atoms with Crippen molar-refractivity contribution in [3.05, 3.63) is 0 Å². The van der Waals surface area contributed by atoms with Crippen LogP contribution in [0, 0.1) is 17.3 Å². The second-order valence-electron chi connectivity index (χ2n) is 6.41. The van der Waals surface area contributed by atoms with E-state index in [1.54, 1.807) is 0 Å². The lowest BCUT2D eigenvalue weighted by Crippen LogP contribution is -2.50. The third-order valence-electron chi connectivity index (χ3n) is 4.71. The van der Waals surface area contributed by atoms with E-state index in [1.807, 2.05) is 0 Å². The monoisotopic (exact) mass is 283 g/mol. The molecule has 4 N–H and O–H groups in total. The van der Waals surface area contributed by atoms with Crippen molar-refractivity contribution in [1.29, 1.82) is 0 Å². The zero-order valence-electron chi connectivity index (χ0n) is 13.0. The van der Waals surface area contributed by atoms with Crippen LogP contribution >= 0.6 is 0 Å². The molecule has 1 aliphatic rings. The minimum atomic E-state index is -0.818. The molecule has 0 heterocycles. The summed E-state index contributed by atoms with van der Waals surface area (Å²) in [5.41, 5.74) is 5.04. The van der Waals surface area contributed by atoms with Crippen LogP contribution in [0.25, 0.3) is 0 Å². The van der Waals surface area contributed by atoms with E-state index in [0.29, 0.717) is 31.2 Å². The maximum atomic E-state index is 12.6. The Morgan fingerprint density at radius 3 is 2.25 bits per heavy atom. The molecule has 0 aromatic carbocycles. The van der Waals surface area contributed by atoms with Crippen molar-refractivity contribution in [2.24, 2.45) is 28.1 Å². The first kappa shape index (κ1) is 16.8. The van der Waals surface area contributed by atoms with Gasteiger partial charge in [-0.2, -0.15) is 0 Å². The van der Waals surface area contributed by atoms with Crippen LogP contribution in [-0.4, -0.2) is 23.5 Å². The molecule has 1 aliphatic carbocycles. The zero-order valence-corrected chi connectivity index (χ0v) is 13.0. The Morgan fingerprint density at radius 1 is 1.25 bits per heavy atom. The number of nitrogens with two attached hydrogens (primary N) is 1. The van der Waals surface area contributed by atoms with Gasteiger partial charge in [-0.05, 0) is 24.7 Å². The van der Waals surface area contributed by atoms with Crippen molar-refractivity contribution in [3.8, 4) is 0 Å². The highest BCUT2D eigenvalue weighted by Crippen LogP contribution is 2.35. The summed E-state index contributed by atoms with van der Waals surface area (Å²) in [6.07, 6.45) is 5.45. The first-order valence-electron chi connectivity index (χ1n) is 7.70. The lowest BCUT2D eigenvalue weighted by Gasteiger charge is -2.30. The van der Waals surface area contributed by atoms with Crippen molar-refractivity contribution in [2.45, 2.75) is 59.3 Å². The number of nitrogens with one attached hydrogen (secondary N) is 1. The third-order valence-corrected chi connectivity index (χ3v) is 4.71. The molecule has 5 nitrogen and oxygen atoms in total. The van der Waals surface area contributed by atoms with E-state index in [1.165, 1.54) is 0 Å². The number of carbonyl (C=O) groups is 1. The van der Waals surface area contributed by atoms with Gasteiger partial charge in [0.25, 0.3) is 0 Å². The predicted molar refractivity (Wildman–Crippen MR) is 80.6 cm³/mol. The van der Waals surface area contributed by atoms with Crippen LogP contribution in [0.1, 0.15) is 59.3 Å². The molecule has 1 unspecified atom stereocenters.